The van der Waals surface area contributed by atoms with E-state index in [0.29, 0.717) is 0 Å². The smallest absolute Gasteiger partial charge is 0.280 e. The van der Waals surface area contributed by atoms with Crippen LogP contribution in [0.25, 0.3) is 0 Å². The minimum absolute atomic E-state index is 0.468. The molecule has 0 radical (unpaired) electrons. The van der Waals surface area contributed by atoms with Crippen LogP contribution in [0.2, 0.25) is 0 Å². The molecule has 62 valence electrons. The van der Waals surface area contributed by atoms with E-state index in [4.69, 9.17) is 5.73 Å². The van der Waals surface area contributed by atoms with E-state index in [9.17, 15) is 8.42 Å². The highest BCUT2D eigenvalue weighted by Crippen LogP contribution is 2.10. The van der Waals surface area contributed by atoms with E-state index >= 15 is 0 Å². The van der Waals surface area contributed by atoms with Gasteiger partial charge in [-0.15, -0.1) is 0 Å². The van der Waals surface area contributed by atoms with Crippen LogP contribution in [0.5, 0.6) is 0 Å². The largest absolute Gasteiger partial charge is 0.316 e. The van der Waals surface area contributed by atoms with Gasteiger partial charge in [0.05, 0.1) is 5.60 Å². The zero-order valence-electron chi connectivity index (χ0n) is 6.42. The molecule has 0 saturated heterocycles. The van der Waals surface area contributed by atoms with E-state index in [1.165, 1.54) is 0 Å². The molecule has 0 bridgehead atoms. The molecule has 0 saturated carbocycles. The van der Waals surface area contributed by atoms with E-state index < -0.39 is 21.6 Å². The molecule has 5 heteroatoms. The summed E-state index contributed by atoms with van der Waals surface area (Å²) in [4.78, 5) is 0. The fourth-order valence-electron chi connectivity index (χ4n) is 0.415. The molecule has 2 N–H and O–H groups in total. The van der Waals surface area contributed by atoms with Crippen molar-refractivity contribution < 1.29 is 12.6 Å². The molecule has 0 unspecified atom stereocenters. The first-order valence-electron chi connectivity index (χ1n) is 2.90. The van der Waals surface area contributed by atoms with E-state index in [-0.39, 0.29) is 0 Å². The van der Waals surface area contributed by atoms with E-state index in [2.05, 4.69) is 4.18 Å². The first kappa shape index (κ1) is 9.87. The summed E-state index contributed by atoms with van der Waals surface area (Å²) < 4.78 is 26.0. The van der Waals surface area contributed by atoms with Crippen LogP contribution in [-0.4, -0.2) is 19.9 Å². The van der Waals surface area contributed by atoms with Gasteiger partial charge < -0.3 is 5.73 Å². The third-order valence-corrected chi connectivity index (χ3v) is 1.74. The second kappa shape index (κ2) is 2.86. The van der Waals surface area contributed by atoms with Crippen molar-refractivity contribution >= 4 is 10.1 Å². The lowest BCUT2D eigenvalue weighted by atomic mass is 10.2. The van der Waals surface area contributed by atoms with Crippen LogP contribution in [0.1, 0.15) is 20.8 Å². The highest BCUT2D eigenvalue weighted by Gasteiger charge is 2.19. The molecule has 0 aromatic heterocycles. The van der Waals surface area contributed by atoms with Gasteiger partial charge in [-0.1, -0.05) is 0 Å². The van der Waals surface area contributed by atoms with Crippen molar-refractivity contribution in [2.45, 2.75) is 26.4 Å². The summed E-state index contributed by atoms with van der Waals surface area (Å²) in [7, 11) is -3.50. The summed E-state index contributed by atoms with van der Waals surface area (Å²) >= 11 is 0. The van der Waals surface area contributed by atoms with Gasteiger partial charge in [0.15, 0.2) is 0 Å². The highest BCUT2D eigenvalue weighted by atomic mass is 32.2. The maximum absolute atomic E-state index is 10.7. The second-order valence-corrected chi connectivity index (χ2v) is 4.54. The Morgan fingerprint density at radius 3 is 1.90 bits per heavy atom. The summed E-state index contributed by atoms with van der Waals surface area (Å²) in [6.07, 6.45) is 0. The van der Waals surface area contributed by atoms with Crippen LogP contribution < -0.4 is 5.73 Å². The molecular formula is C5H13NO3S. The lowest BCUT2D eigenvalue weighted by Crippen LogP contribution is -2.28. The predicted molar refractivity (Wildman–Crippen MR) is 38.8 cm³/mol. The molecule has 0 amide bonds. The van der Waals surface area contributed by atoms with Gasteiger partial charge in [-0.3, -0.25) is 4.18 Å². The molecule has 0 aliphatic heterocycles. The molecule has 0 aliphatic carbocycles. The van der Waals surface area contributed by atoms with Gasteiger partial charge in [0, 0.05) is 0 Å². The summed E-state index contributed by atoms with van der Waals surface area (Å²) in [5.41, 5.74) is 4.22. The normalized spacial score (nSPS) is 13.6. The highest BCUT2D eigenvalue weighted by molar-refractivity contribution is 7.86. The second-order valence-electron chi connectivity index (χ2n) is 2.92. The summed E-state index contributed by atoms with van der Waals surface area (Å²) in [5, 5.41) is 0. The first-order valence-corrected chi connectivity index (χ1v) is 4.48. The van der Waals surface area contributed by atoms with Gasteiger partial charge in [-0.05, 0) is 20.8 Å². The van der Waals surface area contributed by atoms with Crippen molar-refractivity contribution in [1.82, 2.24) is 0 Å². The number of hydrogen-bond acceptors (Lipinski definition) is 4. The molecule has 0 aliphatic rings. The van der Waals surface area contributed by atoms with Crippen LogP contribution in [-0.2, 0) is 14.3 Å². The summed E-state index contributed by atoms with van der Waals surface area (Å²) in [5.74, 6) is -0.468. The first-order chi connectivity index (χ1) is 4.27. The fraction of sp³-hybridized carbons (Fsp3) is 1.00. The lowest BCUT2D eigenvalue weighted by molar-refractivity contribution is 0.140. The van der Waals surface area contributed by atoms with Crippen molar-refractivity contribution in [2.75, 3.05) is 5.88 Å². The molecule has 10 heavy (non-hydrogen) atoms. The number of hydrogen-bond donors (Lipinski definition) is 1. The monoisotopic (exact) mass is 167 g/mol. The van der Waals surface area contributed by atoms with Crippen LogP contribution in [0, 0.1) is 0 Å². The Balaban J connectivity index is 4.18. The summed E-state index contributed by atoms with van der Waals surface area (Å²) in [6.45, 7) is 4.96. The van der Waals surface area contributed by atoms with Gasteiger partial charge in [0.2, 0.25) is 0 Å². The third-order valence-electron chi connectivity index (χ3n) is 0.581. The molecule has 0 spiro atoms. The quantitative estimate of drug-likeness (QED) is 0.590. The van der Waals surface area contributed by atoms with Crippen molar-refractivity contribution in [3.8, 4) is 0 Å². The Morgan fingerprint density at radius 1 is 1.40 bits per heavy atom. The van der Waals surface area contributed by atoms with E-state index in [1.54, 1.807) is 20.8 Å². The Hall–Kier alpha value is -0.130. The summed E-state index contributed by atoms with van der Waals surface area (Å²) in [6, 6.07) is 0. The van der Waals surface area contributed by atoms with Gasteiger partial charge in [0.25, 0.3) is 10.1 Å². The molecule has 4 nitrogen and oxygen atoms in total. The van der Waals surface area contributed by atoms with Crippen LogP contribution >= 0.6 is 0 Å². The SMILES string of the molecule is CC(C)(C)OS(=O)(=O)CN. The van der Waals surface area contributed by atoms with E-state index in [0.717, 1.165) is 0 Å². The maximum Gasteiger partial charge on any atom is 0.280 e. The minimum Gasteiger partial charge on any atom is -0.316 e. The minimum atomic E-state index is -3.50. The Labute approximate surface area is 61.5 Å². The van der Waals surface area contributed by atoms with Crippen molar-refractivity contribution in [1.29, 1.82) is 0 Å². The lowest BCUT2D eigenvalue weighted by Gasteiger charge is -2.17. The van der Waals surface area contributed by atoms with Crippen LogP contribution in [0.3, 0.4) is 0 Å². The van der Waals surface area contributed by atoms with Crippen LogP contribution in [0.15, 0.2) is 0 Å². The van der Waals surface area contributed by atoms with Crippen molar-refractivity contribution in [2.24, 2.45) is 5.73 Å². The van der Waals surface area contributed by atoms with Gasteiger partial charge in [0.1, 0.15) is 5.88 Å². The maximum atomic E-state index is 10.7. The molecule has 0 heterocycles. The standard InChI is InChI=1S/C5H13NO3S/c1-5(2,3)9-10(7,8)4-6/h4,6H2,1-3H3. The van der Waals surface area contributed by atoms with E-state index in [1.807, 2.05) is 0 Å². The van der Waals surface area contributed by atoms with Gasteiger partial charge in [-0.25, -0.2) is 0 Å². The Bertz CT molecular complexity index is 189. The zero-order valence-corrected chi connectivity index (χ0v) is 7.23. The fourth-order valence-corrected chi connectivity index (χ4v) is 1.24. The average molecular weight is 167 g/mol. The third kappa shape index (κ3) is 4.72. The predicted octanol–water partition coefficient (Wildman–Crippen LogP) is 0.0475. The molecule has 0 atom stereocenters. The zero-order chi connectivity index (χ0) is 8.41. The van der Waals surface area contributed by atoms with Crippen LogP contribution in [0.4, 0.5) is 0 Å². The Kier molecular flexibility index (Phi) is 2.82. The number of rotatable bonds is 2. The van der Waals surface area contributed by atoms with Crippen molar-refractivity contribution in [3.63, 3.8) is 0 Å². The molecule has 0 aromatic carbocycles. The molecule has 0 aromatic rings. The van der Waals surface area contributed by atoms with Gasteiger partial charge >= 0.3 is 0 Å². The molecular weight excluding hydrogens is 154 g/mol. The topological polar surface area (TPSA) is 69.4 Å². The molecule has 0 fully saturated rings. The van der Waals surface area contributed by atoms with Gasteiger partial charge in [-0.2, -0.15) is 8.42 Å². The Morgan fingerprint density at radius 2 is 1.80 bits per heavy atom. The number of nitrogens with two attached hydrogens (primary N) is 1. The molecule has 0 rings (SSSR count). The van der Waals surface area contributed by atoms with Crippen molar-refractivity contribution in [3.05, 3.63) is 0 Å². The average Bonchev–Trinajstić information content (AvgIpc) is 1.60.